The van der Waals surface area contributed by atoms with Crippen molar-refractivity contribution in [3.8, 4) is 11.8 Å². The molecule has 0 fully saturated rings. The maximum absolute atomic E-state index is 12.2. The van der Waals surface area contributed by atoms with E-state index in [1.807, 2.05) is 0 Å². The Morgan fingerprint density at radius 1 is 1.45 bits per heavy atom. The van der Waals surface area contributed by atoms with Crippen LogP contribution in [0.5, 0.6) is 5.75 Å². The molecule has 1 rings (SSSR count). The zero-order valence-electron chi connectivity index (χ0n) is 10.3. The number of ether oxygens (including phenoxy) is 2. The maximum atomic E-state index is 12.2. The number of esters is 1. The Labute approximate surface area is 117 Å². The number of benzene rings is 1. The van der Waals surface area contributed by atoms with Gasteiger partial charge in [0.15, 0.2) is 0 Å². The quantitative estimate of drug-likeness (QED) is 0.634. The lowest BCUT2D eigenvalue weighted by atomic mass is 9.99. The van der Waals surface area contributed by atoms with Crippen molar-refractivity contribution in [1.29, 1.82) is 5.26 Å². The number of nitriles is 1. The van der Waals surface area contributed by atoms with Crippen molar-refractivity contribution in [3.63, 3.8) is 0 Å². The summed E-state index contributed by atoms with van der Waals surface area (Å²) >= 11 is 5.57. The molecule has 0 saturated carbocycles. The molecule has 0 radical (unpaired) electrons. The summed E-state index contributed by atoms with van der Waals surface area (Å²) in [6, 6.07) is 3.95. The van der Waals surface area contributed by atoms with Crippen LogP contribution in [0.2, 0.25) is 0 Å². The lowest BCUT2D eigenvalue weighted by Gasteiger charge is -2.15. The Kier molecular flexibility index (Phi) is 5.22. The van der Waals surface area contributed by atoms with E-state index in [0.29, 0.717) is 0 Å². The van der Waals surface area contributed by atoms with Crippen LogP contribution in [-0.4, -0.2) is 19.4 Å². The van der Waals surface area contributed by atoms with Gasteiger partial charge in [0.1, 0.15) is 5.75 Å². The molecule has 1 aromatic rings. The van der Waals surface area contributed by atoms with E-state index < -0.39 is 18.1 Å². The third kappa shape index (κ3) is 4.03. The highest BCUT2D eigenvalue weighted by Crippen LogP contribution is 2.31. The van der Waals surface area contributed by atoms with Crippen LogP contribution in [-0.2, 0) is 21.8 Å². The minimum atomic E-state index is -4.89. The first-order chi connectivity index (χ1) is 9.32. The number of methoxy groups -OCH3 is 1. The van der Waals surface area contributed by atoms with Crippen LogP contribution in [0.4, 0.5) is 13.2 Å². The van der Waals surface area contributed by atoms with Crippen LogP contribution < -0.4 is 4.74 Å². The summed E-state index contributed by atoms with van der Waals surface area (Å²) in [6.45, 7) is 0. The largest absolute Gasteiger partial charge is 0.573 e. The van der Waals surface area contributed by atoms with Crippen molar-refractivity contribution in [2.24, 2.45) is 0 Å². The fourth-order valence-electron chi connectivity index (χ4n) is 1.54. The molecule has 0 bridgehead atoms. The minimum Gasteiger partial charge on any atom is -0.469 e. The summed E-state index contributed by atoms with van der Waals surface area (Å²) in [6.07, 6.45) is -5.13. The van der Waals surface area contributed by atoms with Gasteiger partial charge < -0.3 is 9.47 Å². The molecule has 0 aliphatic rings. The number of carbonyl (C=O) groups excluding carboxylic acids is 1. The van der Waals surface area contributed by atoms with Crippen LogP contribution in [0.1, 0.15) is 16.7 Å². The van der Waals surface area contributed by atoms with E-state index in [0.717, 1.165) is 13.2 Å². The number of rotatable bonds is 4. The Morgan fingerprint density at radius 2 is 2.10 bits per heavy atom. The molecule has 0 atom stereocenters. The maximum Gasteiger partial charge on any atom is 0.573 e. The molecule has 0 amide bonds. The molecule has 0 spiro atoms. The molecule has 0 N–H and O–H groups in total. The molecule has 20 heavy (non-hydrogen) atoms. The second kappa shape index (κ2) is 6.48. The molecule has 0 heterocycles. The highest BCUT2D eigenvalue weighted by Gasteiger charge is 2.32. The highest BCUT2D eigenvalue weighted by molar-refractivity contribution is 6.17. The molecule has 0 aliphatic heterocycles. The molecule has 1 aromatic carbocycles. The second-order valence-electron chi connectivity index (χ2n) is 3.62. The fraction of sp³-hybridized carbons (Fsp3) is 0.333. The van der Waals surface area contributed by atoms with Gasteiger partial charge in [-0.1, -0.05) is 6.07 Å². The molecule has 0 unspecified atom stereocenters. The molecular formula is C12H9ClF3NO3. The SMILES string of the molecule is COC(=O)Cc1ccc(OC(F)(F)F)c(CCl)c1C#N. The predicted molar refractivity (Wildman–Crippen MR) is 63.1 cm³/mol. The van der Waals surface area contributed by atoms with E-state index in [1.165, 1.54) is 6.07 Å². The number of carbonyl (C=O) groups is 1. The van der Waals surface area contributed by atoms with Gasteiger partial charge in [-0.15, -0.1) is 24.8 Å². The first-order valence-electron chi connectivity index (χ1n) is 5.25. The Hall–Kier alpha value is -1.94. The number of hydrogen-bond donors (Lipinski definition) is 0. The Bertz CT molecular complexity index is 552. The molecule has 0 saturated heterocycles. The topological polar surface area (TPSA) is 59.3 Å². The standard InChI is InChI=1S/C12H9ClF3NO3/c1-19-11(18)4-7-2-3-10(20-12(14,15)16)8(5-13)9(7)6-17/h2-3H,4-5H2,1H3. The Balaban J connectivity index is 3.27. The van der Waals surface area contributed by atoms with Gasteiger partial charge in [-0.3, -0.25) is 4.79 Å². The van der Waals surface area contributed by atoms with Crippen LogP contribution in [0, 0.1) is 11.3 Å². The van der Waals surface area contributed by atoms with E-state index in [2.05, 4.69) is 9.47 Å². The van der Waals surface area contributed by atoms with Crippen LogP contribution in [0.15, 0.2) is 12.1 Å². The second-order valence-corrected chi connectivity index (χ2v) is 3.89. The molecule has 0 aromatic heterocycles. The molecule has 8 heteroatoms. The van der Waals surface area contributed by atoms with E-state index in [4.69, 9.17) is 16.9 Å². The van der Waals surface area contributed by atoms with Gasteiger partial charge >= 0.3 is 12.3 Å². The fourth-order valence-corrected chi connectivity index (χ4v) is 1.81. The van der Waals surface area contributed by atoms with Crippen molar-refractivity contribution in [1.82, 2.24) is 0 Å². The molecule has 4 nitrogen and oxygen atoms in total. The first-order valence-corrected chi connectivity index (χ1v) is 5.79. The number of alkyl halides is 4. The summed E-state index contributed by atoms with van der Waals surface area (Å²) in [4.78, 5) is 11.2. The van der Waals surface area contributed by atoms with Crippen LogP contribution >= 0.6 is 11.6 Å². The van der Waals surface area contributed by atoms with E-state index in [1.54, 1.807) is 6.07 Å². The van der Waals surface area contributed by atoms with E-state index in [9.17, 15) is 18.0 Å². The smallest absolute Gasteiger partial charge is 0.469 e. The number of halogens is 4. The molecule has 108 valence electrons. The number of hydrogen-bond acceptors (Lipinski definition) is 4. The summed E-state index contributed by atoms with van der Waals surface area (Å²) in [5.74, 6) is -1.53. The lowest BCUT2D eigenvalue weighted by molar-refractivity contribution is -0.274. The van der Waals surface area contributed by atoms with Crippen LogP contribution in [0.3, 0.4) is 0 Å². The monoisotopic (exact) mass is 307 g/mol. The summed E-state index contributed by atoms with van der Waals surface area (Å²) in [5, 5.41) is 9.04. The van der Waals surface area contributed by atoms with Gasteiger partial charge in [0.2, 0.25) is 0 Å². The van der Waals surface area contributed by atoms with Crippen molar-refractivity contribution in [2.75, 3.05) is 7.11 Å². The van der Waals surface area contributed by atoms with Crippen LogP contribution in [0.25, 0.3) is 0 Å². The van der Waals surface area contributed by atoms with Gasteiger partial charge in [0, 0.05) is 5.56 Å². The van der Waals surface area contributed by atoms with Crippen molar-refractivity contribution < 1.29 is 27.4 Å². The van der Waals surface area contributed by atoms with E-state index >= 15 is 0 Å². The van der Waals surface area contributed by atoms with Gasteiger partial charge in [-0.2, -0.15) is 5.26 Å². The molecule has 0 aliphatic carbocycles. The predicted octanol–water partition coefficient (Wildman–Crippen LogP) is 2.91. The van der Waals surface area contributed by atoms with Gasteiger partial charge in [0.05, 0.1) is 31.0 Å². The third-order valence-corrected chi connectivity index (χ3v) is 2.66. The third-order valence-electron chi connectivity index (χ3n) is 2.39. The Morgan fingerprint density at radius 3 is 2.55 bits per heavy atom. The van der Waals surface area contributed by atoms with E-state index in [-0.39, 0.29) is 29.0 Å². The summed E-state index contributed by atoms with van der Waals surface area (Å²) in [5.41, 5.74) is -0.00966. The van der Waals surface area contributed by atoms with Crippen molar-refractivity contribution >= 4 is 17.6 Å². The number of nitrogens with zero attached hydrogens (tertiary/aromatic N) is 1. The average molecular weight is 308 g/mol. The summed E-state index contributed by atoms with van der Waals surface area (Å²) < 4.78 is 45.0. The normalized spacial score (nSPS) is 10.8. The summed E-state index contributed by atoms with van der Waals surface area (Å²) in [7, 11) is 1.16. The average Bonchev–Trinajstić information content (AvgIpc) is 2.37. The minimum absolute atomic E-state index is 0.118. The lowest BCUT2D eigenvalue weighted by Crippen LogP contribution is -2.19. The van der Waals surface area contributed by atoms with Gasteiger partial charge in [0.25, 0.3) is 0 Å². The zero-order valence-corrected chi connectivity index (χ0v) is 11.0. The first kappa shape index (κ1) is 16.1. The highest BCUT2D eigenvalue weighted by atomic mass is 35.5. The zero-order chi connectivity index (χ0) is 15.3. The van der Waals surface area contributed by atoms with Gasteiger partial charge in [-0.05, 0) is 11.6 Å². The van der Waals surface area contributed by atoms with Crippen molar-refractivity contribution in [2.45, 2.75) is 18.7 Å². The molecular weight excluding hydrogens is 299 g/mol. The van der Waals surface area contributed by atoms with Gasteiger partial charge in [-0.25, -0.2) is 0 Å². The van der Waals surface area contributed by atoms with Crippen molar-refractivity contribution in [3.05, 3.63) is 28.8 Å².